The summed E-state index contributed by atoms with van der Waals surface area (Å²) in [4.78, 5) is 27.2. The van der Waals surface area contributed by atoms with Crippen molar-refractivity contribution in [1.29, 1.82) is 0 Å². The summed E-state index contributed by atoms with van der Waals surface area (Å²) in [5.74, 6) is 1.69. The zero-order valence-electron chi connectivity index (χ0n) is 17.8. The molecular weight excluding hydrogens is 398 g/mol. The van der Waals surface area contributed by atoms with Crippen molar-refractivity contribution in [3.05, 3.63) is 71.0 Å². The van der Waals surface area contributed by atoms with Gasteiger partial charge in [0.25, 0.3) is 5.91 Å². The highest BCUT2D eigenvalue weighted by Crippen LogP contribution is 2.26. The zero-order chi connectivity index (χ0) is 22.0. The Morgan fingerprint density at radius 1 is 1.19 bits per heavy atom. The van der Waals surface area contributed by atoms with Crippen LogP contribution in [0.1, 0.15) is 39.8 Å². The molecule has 1 fully saturated rings. The fourth-order valence-corrected chi connectivity index (χ4v) is 3.87. The highest BCUT2D eigenvalue weighted by atomic mass is 16.5. The van der Waals surface area contributed by atoms with Crippen LogP contribution in [-0.2, 0) is 11.2 Å². The minimum absolute atomic E-state index is 0.191. The normalized spacial score (nSPS) is 18.2. The lowest BCUT2D eigenvalue weighted by Gasteiger charge is -2.21. The van der Waals surface area contributed by atoms with E-state index >= 15 is 0 Å². The van der Waals surface area contributed by atoms with Gasteiger partial charge in [0.1, 0.15) is 29.4 Å². The maximum absolute atomic E-state index is 13.2. The number of carbonyl (C=O) groups excluding carboxylic acids is 2. The predicted molar refractivity (Wildman–Crippen MR) is 112 cm³/mol. The van der Waals surface area contributed by atoms with Gasteiger partial charge in [0, 0.05) is 25.5 Å². The molecule has 0 spiro atoms. The fourth-order valence-electron chi connectivity index (χ4n) is 3.87. The molecular formula is C23H25N3O5. The number of carbonyl (C=O) groups is 2. The summed E-state index contributed by atoms with van der Waals surface area (Å²) in [6.07, 6.45) is 0.602. The highest BCUT2D eigenvalue weighted by molar-refractivity contribution is 5.96. The number of hydrogen-bond acceptors (Lipinski definition) is 6. The van der Waals surface area contributed by atoms with Gasteiger partial charge in [-0.15, -0.1) is 0 Å². The van der Waals surface area contributed by atoms with E-state index in [2.05, 4.69) is 10.5 Å². The average molecular weight is 423 g/mol. The van der Waals surface area contributed by atoms with E-state index in [9.17, 15) is 9.59 Å². The van der Waals surface area contributed by atoms with Gasteiger partial charge in [-0.3, -0.25) is 9.59 Å². The van der Waals surface area contributed by atoms with Crippen molar-refractivity contribution >= 4 is 11.8 Å². The van der Waals surface area contributed by atoms with Crippen LogP contribution in [0.4, 0.5) is 0 Å². The van der Waals surface area contributed by atoms with E-state index < -0.39 is 6.04 Å². The predicted octanol–water partition coefficient (Wildman–Crippen LogP) is 2.88. The first-order chi connectivity index (χ1) is 15.0. The van der Waals surface area contributed by atoms with Crippen molar-refractivity contribution in [3.8, 4) is 5.75 Å². The van der Waals surface area contributed by atoms with Crippen LogP contribution in [0.3, 0.4) is 0 Å². The van der Waals surface area contributed by atoms with Crippen molar-refractivity contribution in [2.45, 2.75) is 38.8 Å². The number of benzene rings is 1. The molecule has 1 N–H and O–H groups in total. The number of nitrogens with zero attached hydrogens (tertiary/aromatic N) is 2. The fraction of sp³-hybridized carbons (Fsp3) is 0.348. The third-order valence-corrected chi connectivity index (χ3v) is 5.52. The molecule has 1 saturated heterocycles. The lowest BCUT2D eigenvalue weighted by atomic mass is 10.1. The Bertz CT molecular complexity index is 1050. The first-order valence-corrected chi connectivity index (χ1v) is 10.2. The number of aromatic nitrogens is 1. The number of likely N-dealkylation sites (tertiary alicyclic amines) is 1. The molecule has 1 aromatic carbocycles. The first kappa shape index (κ1) is 20.7. The molecule has 31 heavy (non-hydrogen) atoms. The molecule has 162 valence electrons. The van der Waals surface area contributed by atoms with E-state index in [-0.39, 0.29) is 23.7 Å². The Labute approximate surface area is 180 Å². The van der Waals surface area contributed by atoms with Gasteiger partial charge in [0.15, 0.2) is 5.76 Å². The van der Waals surface area contributed by atoms with Crippen LogP contribution in [0.5, 0.6) is 5.75 Å². The molecule has 8 heteroatoms. The average Bonchev–Trinajstić information content (AvgIpc) is 3.49. The van der Waals surface area contributed by atoms with Gasteiger partial charge in [-0.1, -0.05) is 23.4 Å². The molecule has 2 atom stereocenters. The summed E-state index contributed by atoms with van der Waals surface area (Å²) in [5.41, 5.74) is 1.73. The number of nitrogens with one attached hydrogen (secondary N) is 1. The zero-order valence-corrected chi connectivity index (χ0v) is 17.8. The topological polar surface area (TPSA) is 97.8 Å². The van der Waals surface area contributed by atoms with Crippen LogP contribution in [0.2, 0.25) is 0 Å². The summed E-state index contributed by atoms with van der Waals surface area (Å²) >= 11 is 0. The van der Waals surface area contributed by atoms with E-state index in [4.69, 9.17) is 13.7 Å². The number of amides is 2. The lowest BCUT2D eigenvalue weighted by Crippen LogP contribution is -2.44. The standard InChI is InChI=1S/C23H25N3O5/c1-14-19(15(2)31-25-14)11-17-9-10-21(30-17)23(28)26-13-18(12-20(26)22(27)24-3)29-16-7-5-4-6-8-16/h4-10,18,20H,11-13H2,1-3H3,(H,24,27)/t18-,20+/m0/s1. The SMILES string of the molecule is CNC(=O)[C@H]1C[C@H](Oc2ccccc2)CN1C(=O)c1ccc(Cc2c(C)noc2C)o1. The molecule has 0 bridgehead atoms. The van der Waals surface area contributed by atoms with Crippen molar-refractivity contribution in [2.75, 3.05) is 13.6 Å². The van der Waals surface area contributed by atoms with Gasteiger partial charge in [-0.25, -0.2) is 0 Å². The van der Waals surface area contributed by atoms with Crippen LogP contribution in [0, 0.1) is 13.8 Å². The van der Waals surface area contributed by atoms with Crippen LogP contribution >= 0.6 is 0 Å². The molecule has 2 amide bonds. The molecule has 0 aliphatic carbocycles. The number of rotatable bonds is 6. The molecule has 2 aromatic heterocycles. The van der Waals surface area contributed by atoms with Gasteiger partial charge in [-0.05, 0) is 38.1 Å². The van der Waals surface area contributed by atoms with Crippen LogP contribution in [0.25, 0.3) is 0 Å². The van der Waals surface area contributed by atoms with Crippen molar-refractivity contribution in [2.24, 2.45) is 0 Å². The molecule has 8 nitrogen and oxygen atoms in total. The second-order valence-corrected chi connectivity index (χ2v) is 7.62. The molecule has 0 radical (unpaired) electrons. The van der Waals surface area contributed by atoms with E-state index in [0.717, 1.165) is 17.0 Å². The van der Waals surface area contributed by atoms with E-state index in [1.165, 1.54) is 4.90 Å². The number of aryl methyl sites for hydroxylation is 2. The molecule has 1 aliphatic rings. The Balaban J connectivity index is 1.50. The molecule has 3 aromatic rings. The number of furan rings is 1. The van der Waals surface area contributed by atoms with Gasteiger partial charge < -0.3 is 23.9 Å². The van der Waals surface area contributed by atoms with E-state index in [0.29, 0.717) is 30.9 Å². The summed E-state index contributed by atoms with van der Waals surface area (Å²) in [5, 5.41) is 6.59. The molecule has 1 aliphatic heterocycles. The molecule has 0 unspecified atom stereocenters. The monoisotopic (exact) mass is 423 g/mol. The van der Waals surface area contributed by atoms with E-state index in [1.54, 1.807) is 19.2 Å². The summed E-state index contributed by atoms with van der Waals surface area (Å²) in [7, 11) is 1.56. The van der Waals surface area contributed by atoms with Gasteiger partial charge in [0.05, 0.1) is 12.2 Å². The highest BCUT2D eigenvalue weighted by Gasteiger charge is 2.41. The van der Waals surface area contributed by atoms with Gasteiger partial charge in [0.2, 0.25) is 5.91 Å². The summed E-state index contributed by atoms with van der Waals surface area (Å²) in [6, 6.07) is 12.2. The smallest absolute Gasteiger partial charge is 0.290 e. The number of hydrogen-bond donors (Lipinski definition) is 1. The number of para-hydroxylation sites is 1. The molecule has 0 saturated carbocycles. The van der Waals surface area contributed by atoms with Crippen LogP contribution in [-0.4, -0.2) is 47.6 Å². The first-order valence-electron chi connectivity index (χ1n) is 10.2. The van der Waals surface area contributed by atoms with Crippen LogP contribution < -0.4 is 10.1 Å². The third kappa shape index (κ3) is 4.33. The Kier molecular flexibility index (Phi) is 5.79. The molecule has 4 rings (SSSR count). The second kappa shape index (κ2) is 8.67. The largest absolute Gasteiger partial charge is 0.488 e. The number of likely N-dealkylation sites (N-methyl/N-ethyl adjacent to an activating group) is 1. The third-order valence-electron chi connectivity index (χ3n) is 5.52. The summed E-state index contributed by atoms with van der Waals surface area (Å²) in [6.45, 7) is 4.01. The molecule has 3 heterocycles. The maximum Gasteiger partial charge on any atom is 0.290 e. The van der Waals surface area contributed by atoms with Crippen LogP contribution in [0.15, 0.2) is 51.4 Å². The summed E-state index contributed by atoms with van der Waals surface area (Å²) < 4.78 is 17.0. The van der Waals surface area contributed by atoms with E-state index in [1.807, 2.05) is 44.2 Å². The number of ether oxygens (including phenoxy) is 1. The van der Waals surface area contributed by atoms with Gasteiger partial charge >= 0.3 is 0 Å². The van der Waals surface area contributed by atoms with Crippen molar-refractivity contribution in [1.82, 2.24) is 15.4 Å². The Morgan fingerprint density at radius 2 is 1.97 bits per heavy atom. The maximum atomic E-state index is 13.2. The van der Waals surface area contributed by atoms with Crippen molar-refractivity contribution in [3.63, 3.8) is 0 Å². The Morgan fingerprint density at radius 3 is 2.65 bits per heavy atom. The quantitative estimate of drug-likeness (QED) is 0.655. The van der Waals surface area contributed by atoms with Gasteiger partial charge in [-0.2, -0.15) is 0 Å². The Hall–Kier alpha value is -3.55. The lowest BCUT2D eigenvalue weighted by molar-refractivity contribution is -0.124. The minimum atomic E-state index is -0.623. The second-order valence-electron chi connectivity index (χ2n) is 7.62. The van der Waals surface area contributed by atoms with Crippen molar-refractivity contribution < 1.29 is 23.3 Å². The minimum Gasteiger partial charge on any atom is -0.488 e.